The predicted molar refractivity (Wildman–Crippen MR) is 127 cm³/mol. The third kappa shape index (κ3) is 4.76. The summed E-state index contributed by atoms with van der Waals surface area (Å²) < 4.78 is 7.01. The maximum Gasteiger partial charge on any atom is 0.276 e. The summed E-state index contributed by atoms with van der Waals surface area (Å²) in [6, 6.07) is 14.3. The Morgan fingerprint density at radius 1 is 1.17 bits per heavy atom. The molecule has 0 spiro atoms. The van der Waals surface area contributed by atoms with Crippen LogP contribution in [-0.2, 0) is 11.4 Å². The van der Waals surface area contributed by atoms with E-state index in [1.165, 1.54) is 12.0 Å². The second-order valence-corrected chi connectivity index (χ2v) is 9.21. The number of aryl methyl sites for hydroxylation is 1. The average Bonchev–Trinajstić information content (AvgIpc) is 3.02. The number of carbonyl (C=O) groups excluding carboxylic acids is 1. The monoisotopic (exact) mass is 484 g/mol. The van der Waals surface area contributed by atoms with Crippen LogP contribution in [-0.4, -0.2) is 22.0 Å². The number of thiocarbonyl (C=S) groups is 1. The number of hydrogen-bond donors (Lipinski definition) is 1. The van der Waals surface area contributed by atoms with E-state index >= 15 is 0 Å². The van der Waals surface area contributed by atoms with Crippen LogP contribution in [0.25, 0.3) is 6.08 Å². The van der Waals surface area contributed by atoms with Crippen molar-refractivity contribution in [1.82, 2.24) is 10.2 Å². The lowest BCUT2D eigenvalue weighted by Crippen LogP contribution is -2.41. The number of rotatable bonds is 5. The first kappa shape index (κ1) is 21.1. The van der Waals surface area contributed by atoms with Gasteiger partial charge in [0.1, 0.15) is 18.1 Å². The summed E-state index contributed by atoms with van der Waals surface area (Å²) in [5, 5.41) is 3.63. The van der Waals surface area contributed by atoms with E-state index in [1.54, 1.807) is 4.90 Å². The zero-order chi connectivity index (χ0) is 21.1. The maximum absolute atomic E-state index is 13.1. The Balaban J connectivity index is 1.55. The van der Waals surface area contributed by atoms with E-state index in [4.69, 9.17) is 17.0 Å². The molecule has 1 N–H and O–H groups in total. The van der Waals surface area contributed by atoms with Gasteiger partial charge in [0.25, 0.3) is 5.91 Å². The number of ether oxygens (including phenoxy) is 1. The summed E-state index contributed by atoms with van der Waals surface area (Å²) >= 11 is 9.01. The van der Waals surface area contributed by atoms with E-state index in [1.807, 2.05) is 24.3 Å². The minimum Gasteiger partial charge on any atom is -0.488 e. The first-order valence-corrected chi connectivity index (χ1v) is 11.6. The van der Waals surface area contributed by atoms with Gasteiger partial charge in [-0.1, -0.05) is 65.0 Å². The molecule has 156 valence electrons. The van der Waals surface area contributed by atoms with Crippen LogP contribution in [0.2, 0.25) is 0 Å². The van der Waals surface area contributed by atoms with Gasteiger partial charge in [-0.05, 0) is 61.8 Å². The van der Waals surface area contributed by atoms with Crippen molar-refractivity contribution in [3.05, 3.63) is 69.3 Å². The Hall–Kier alpha value is -2.18. The number of nitrogens with one attached hydrogen (secondary N) is 1. The van der Waals surface area contributed by atoms with Gasteiger partial charge in [-0.25, -0.2) is 0 Å². The quantitative estimate of drug-likeness (QED) is 0.434. The van der Waals surface area contributed by atoms with E-state index in [0.717, 1.165) is 47.0 Å². The Morgan fingerprint density at radius 3 is 2.63 bits per heavy atom. The third-order valence-electron chi connectivity index (χ3n) is 5.64. The zero-order valence-corrected chi connectivity index (χ0v) is 19.4. The molecule has 1 saturated heterocycles. The van der Waals surface area contributed by atoms with Crippen LogP contribution in [0.4, 0.5) is 0 Å². The topological polar surface area (TPSA) is 41.6 Å². The smallest absolute Gasteiger partial charge is 0.276 e. The fourth-order valence-electron chi connectivity index (χ4n) is 3.98. The zero-order valence-electron chi connectivity index (χ0n) is 17.0. The van der Waals surface area contributed by atoms with E-state index in [-0.39, 0.29) is 11.9 Å². The van der Waals surface area contributed by atoms with Crippen LogP contribution in [0, 0.1) is 6.92 Å². The highest BCUT2D eigenvalue weighted by Gasteiger charge is 2.36. The molecule has 1 saturated carbocycles. The number of amides is 1. The summed E-state index contributed by atoms with van der Waals surface area (Å²) in [5.74, 6) is 0.680. The standard InChI is InChI=1S/C24H25BrN2O2S/c1-16-7-9-17(10-8-16)15-29-22-12-11-19(25)13-18(22)14-21-23(28)27(24(30)26-21)20-5-3-2-4-6-20/h7-14,20H,2-6,15H2,1H3,(H,26,30)/b21-14-. The largest absolute Gasteiger partial charge is 0.488 e. The van der Waals surface area contributed by atoms with E-state index < -0.39 is 0 Å². The van der Waals surface area contributed by atoms with Crippen LogP contribution in [0.3, 0.4) is 0 Å². The van der Waals surface area contributed by atoms with Crippen molar-refractivity contribution in [2.24, 2.45) is 0 Å². The van der Waals surface area contributed by atoms with Crippen LogP contribution in [0.5, 0.6) is 5.75 Å². The van der Waals surface area contributed by atoms with Gasteiger partial charge < -0.3 is 10.1 Å². The summed E-state index contributed by atoms with van der Waals surface area (Å²) in [5.41, 5.74) is 3.66. The predicted octanol–water partition coefficient (Wildman–Crippen LogP) is 5.73. The van der Waals surface area contributed by atoms with Gasteiger partial charge in [0.05, 0.1) is 0 Å². The minimum atomic E-state index is -0.0450. The van der Waals surface area contributed by atoms with Crippen molar-refractivity contribution in [1.29, 1.82) is 0 Å². The summed E-state index contributed by atoms with van der Waals surface area (Å²) in [4.78, 5) is 14.9. The van der Waals surface area contributed by atoms with Gasteiger partial charge in [0, 0.05) is 16.1 Å². The average molecular weight is 485 g/mol. The van der Waals surface area contributed by atoms with E-state index in [9.17, 15) is 4.79 Å². The Kier molecular flexibility index (Phi) is 6.54. The van der Waals surface area contributed by atoms with Crippen LogP contribution >= 0.6 is 28.1 Å². The molecule has 0 atom stereocenters. The van der Waals surface area contributed by atoms with E-state index in [2.05, 4.69) is 52.4 Å². The maximum atomic E-state index is 13.1. The Morgan fingerprint density at radius 2 is 1.90 bits per heavy atom. The first-order chi connectivity index (χ1) is 14.5. The van der Waals surface area contributed by atoms with Crippen molar-refractivity contribution >= 4 is 45.2 Å². The molecule has 30 heavy (non-hydrogen) atoms. The molecule has 2 aromatic rings. The number of benzene rings is 2. The SMILES string of the molecule is Cc1ccc(COc2ccc(Br)cc2/C=C2\NC(=S)N(C3CCCCC3)C2=O)cc1. The summed E-state index contributed by atoms with van der Waals surface area (Å²) in [6.07, 6.45) is 7.41. The third-order valence-corrected chi connectivity index (χ3v) is 6.43. The lowest BCUT2D eigenvalue weighted by Gasteiger charge is -2.29. The second kappa shape index (κ2) is 9.31. The molecule has 0 radical (unpaired) electrons. The lowest BCUT2D eigenvalue weighted by atomic mass is 9.94. The fourth-order valence-corrected chi connectivity index (χ4v) is 4.70. The summed E-state index contributed by atoms with van der Waals surface area (Å²) in [6.45, 7) is 2.53. The highest BCUT2D eigenvalue weighted by atomic mass is 79.9. The molecule has 1 aliphatic heterocycles. The summed E-state index contributed by atoms with van der Waals surface area (Å²) in [7, 11) is 0. The molecule has 2 aromatic carbocycles. The molecule has 2 aliphatic rings. The number of carbonyl (C=O) groups is 1. The molecular weight excluding hydrogens is 460 g/mol. The Labute approximate surface area is 191 Å². The molecule has 6 heteroatoms. The Bertz CT molecular complexity index is 981. The first-order valence-electron chi connectivity index (χ1n) is 10.4. The van der Waals surface area contributed by atoms with Gasteiger partial charge in [0.2, 0.25) is 0 Å². The van der Waals surface area contributed by atoms with Crippen molar-refractivity contribution in [3.8, 4) is 5.75 Å². The van der Waals surface area contributed by atoms with Crippen molar-refractivity contribution in [2.45, 2.75) is 51.7 Å². The van der Waals surface area contributed by atoms with Crippen LogP contribution < -0.4 is 10.1 Å². The van der Waals surface area contributed by atoms with Gasteiger partial charge in [0.15, 0.2) is 5.11 Å². The van der Waals surface area contributed by atoms with Gasteiger partial charge in [-0.2, -0.15) is 0 Å². The molecule has 1 aliphatic carbocycles. The molecule has 4 nitrogen and oxygen atoms in total. The highest BCUT2D eigenvalue weighted by molar-refractivity contribution is 9.10. The van der Waals surface area contributed by atoms with Crippen molar-refractivity contribution in [3.63, 3.8) is 0 Å². The number of halogens is 1. The van der Waals surface area contributed by atoms with Gasteiger partial charge >= 0.3 is 0 Å². The highest BCUT2D eigenvalue weighted by Crippen LogP contribution is 2.30. The lowest BCUT2D eigenvalue weighted by molar-refractivity contribution is -0.124. The fraction of sp³-hybridized carbons (Fsp3) is 0.333. The van der Waals surface area contributed by atoms with Crippen molar-refractivity contribution < 1.29 is 9.53 Å². The molecule has 1 amide bonds. The van der Waals surface area contributed by atoms with Gasteiger partial charge in [-0.15, -0.1) is 0 Å². The van der Waals surface area contributed by atoms with Gasteiger partial charge in [-0.3, -0.25) is 9.69 Å². The molecular formula is C24H25BrN2O2S. The van der Waals surface area contributed by atoms with Crippen molar-refractivity contribution in [2.75, 3.05) is 0 Å². The van der Waals surface area contributed by atoms with Crippen LogP contribution in [0.1, 0.15) is 48.8 Å². The number of hydrogen-bond acceptors (Lipinski definition) is 3. The molecule has 4 rings (SSSR count). The van der Waals surface area contributed by atoms with Crippen LogP contribution in [0.15, 0.2) is 52.6 Å². The molecule has 1 heterocycles. The molecule has 0 unspecified atom stereocenters. The molecule has 0 aromatic heterocycles. The molecule has 2 fully saturated rings. The normalized spacial score (nSPS) is 18.7. The number of nitrogens with zero attached hydrogens (tertiary/aromatic N) is 1. The second-order valence-electron chi connectivity index (χ2n) is 7.91. The molecule has 0 bridgehead atoms. The van der Waals surface area contributed by atoms with E-state index in [0.29, 0.717) is 17.4 Å². The minimum absolute atomic E-state index is 0.0450.